The van der Waals surface area contributed by atoms with E-state index in [0.717, 1.165) is 12.1 Å². The first-order valence-electron chi connectivity index (χ1n) is 8.77. The number of nitrogens with zero attached hydrogens (tertiary/aromatic N) is 1. The van der Waals surface area contributed by atoms with Crippen molar-refractivity contribution in [3.05, 3.63) is 23.8 Å². The average molecular weight is 372 g/mol. The first kappa shape index (κ1) is 18.8. The third kappa shape index (κ3) is 4.06. The molecular formula is C18H23F3N2O3. The summed E-state index contributed by atoms with van der Waals surface area (Å²) < 4.78 is 49.2. The van der Waals surface area contributed by atoms with Crippen LogP contribution in [0.5, 0.6) is 11.5 Å². The number of halogens is 3. The number of alkyl halides is 3. The van der Waals surface area contributed by atoms with E-state index in [2.05, 4.69) is 24.1 Å². The Kier molecular flexibility index (Phi) is 5.32. The summed E-state index contributed by atoms with van der Waals surface area (Å²) in [4.78, 5) is 13.6. The fourth-order valence-electron chi connectivity index (χ4n) is 3.62. The molecule has 1 fully saturated rings. The van der Waals surface area contributed by atoms with Gasteiger partial charge in [-0.15, -0.1) is 0 Å². The maximum absolute atomic E-state index is 12.7. The number of likely N-dealkylation sites (tertiary alicyclic amines) is 1. The van der Waals surface area contributed by atoms with Gasteiger partial charge in [-0.3, -0.25) is 9.69 Å². The van der Waals surface area contributed by atoms with Crippen molar-refractivity contribution in [2.75, 3.05) is 26.3 Å². The number of hydrogen-bond donors (Lipinski definition) is 1. The molecule has 1 aromatic carbocycles. The lowest BCUT2D eigenvalue weighted by atomic mass is 9.98. The number of rotatable bonds is 4. The largest absolute Gasteiger partial charge is 0.486 e. The number of hydrogen-bond acceptors (Lipinski definition) is 4. The summed E-state index contributed by atoms with van der Waals surface area (Å²) in [5.41, 5.74) is 0.819. The number of ether oxygens (including phenoxy) is 2. The van der Waals surface area contributed by atoms with Crippen molar-refractivity contribution in [1.82, 2.24) is 10.2 Å². The minimum absolute atomic E-state index is 0.334. The summed E-state index contributed by atoms with van der Waals surface area (Å²) in [6.07, 6.45) is -4.42. The first-order valence-corrected chi connectivity index (χ1v) is 8.77. The highest BCUT2D eigenvalue weighted by atomic mass is 19.4. The van der Waals surface area contributed by atoms with E-state index in [0.29, 0.717) is 43.6 Å². The Hall–Kier alpha value is -1.96. The first-order chi connectivity index (χ1) is 12.3. The third-order valence-electron chi connectivity index (χ3n) is 4.58. The molecule has 1 N–H and O–H groups in total. The van der Waals surface area contributed by atoms with Gasteiger partial charge in [-0.2, -0.15) is 13.2 Å². The topological polar surface area (TPSA) is 50.8 Å². The number of carbonyl (C=O) groups is 1. The summed E-state index contributed by atoms with van der Waals surface area (Å²) in [5.74, 6) is -0.321. The van der Waals surface area contributed by atoms with Crippen LogP contribution in [0.15, 0.2) is 18.2 Å². The molecule has 0 aliphatic carbocycles. The molecular weight excluding hydrogens is 349 g/mol. The molecule has 144 valence electrons. The van der Waals surface area contributed by atoms with Gasteiger partial charge in [-0.25, -0.2) is 0 Å². The van der Waals surface area contributed by atoms with Crippen LogP contribution < -0.4 is 14.8 Å². The number of carbonyl (C=O) groups excluding carboxylic acids is 1. The van der Waals surface area contributed by atoms with Crippen LogP contribution >= 0.6 is 0 Å². The van der Waals surface area contributed by atoms with E-state index < -0.39 is 18.1 Å². The Balaban J connectivity index is 1.87. The summed E-state index contributed by atoms with van der Waals surface area (Å²) in [7, 11) is 0. The minimum Gasteiger partial charge on any atom is -0.486 e. The molecule has 2 aliphatic rings. The summed E-state index contributed by atoms with van der Waals surface area (Å²) in [6.45, 7) is 6.38. The Labute approximate surface area is 150 Å². The Bertz CT molecular complexity index is 664. The van der Waals surface area contributed by atoms with E-state index in [4.69, 9.17) is 9.47 Å². The Morgan fingerprint density at radius 2 is 1.96 bits per heavy atom. The van der Waals surface area contributed by atoms with E-state index in [9.17, 15) is 18.0 Å². The summed E-state index contributed by atoms with van der Waals surface area (Å²) in [5, 5.41) is 2.17. The Morgan fingerprint density at radius 3 is 2.62 bits per heavy atom. The highest BCUT2D eigenvalue weighted by molar-refractivity contribution is 5.82. The van der Waals surface area contributed by atoms with Crippen LogP contribution in [0, 0.1) is 5.92 Å². The van der Waals surface area contributed by atoms with Crippen molar-refractivity contribution in [3.8, 4) is 11.5 Å². The van der Waals surface area contributed by atoms with Gasteiger partial charge in [-0.1, -0.05) is 19.9 Å². The predicted octanol–water partition coefficient (Wildman–Crippen LogP) is 2.91. The third-order valence-corrected chi connectivity index (χ3v) is 4.58. The smallest absolute Gasteiger partial charge is 0.471 e. The van der Waals surface area contributed by atoms with Crippen molar-refractivity contribution in [1.29, 1.82) is 0 Å². The molecule has 2 aliphatic heterocycles. The van der Waals surface area contributed by atoms with Crippen molar-refractivity contribution in [2.45, 2.75) is 38.5 Å². The molecule has 8 heteroatoms. The molecule has 5 nitrogen and oxygen atoms in total. The van der Waals surface area contributed by atoms with Crippen LogP contribution in [0.25, 0.3) is 0 Å². The number of nitrogens with one attached hydrogen (secondary N) is 1. The number of benzene rings is 1. The maximum atomic E-state index is 12.7. The van der Waals surface area contributed by atoms with E-state index in [1.165, 1.54) is 0 Å². The van der Waals surface area contributed by atoms with Gasteiger partial charge < -0.3 is 14.8 Å². The molecule has 1 saturated heterocycles. The van der Waals surface area contributed by atoms with Crippen LogP contribution in [0.3, 0.4) is 0 Å². The van der Waals surface area contributed by atoms with Gasteiger partial charge in [0.25, 0.3) is 0 Å². The highest BCUT2D eigenvalue weighted by Crippen LogP contribution is 2.38. The van der Waals surface area contributed by atoms with Crippen LogP contribution in [-0.4, -0.2) is 49.3 Å². The fourth-order valence-corrected chi connectivity index (χ4v) is 3.62. The molecule has 0 radical (unpaired) electrons. The van der Waals surface area contributed by atoms with E-state index in [1.807, 2.05) is 12.1 Å². The second-order valence-corrected chi connectivity index (χ2v) is 7.10. The molecule has 0 spiro atoms. The fraction of sp³-hybridized carbons (Fsp3) is 0.611. The quantitative estimate of drug-likeness (QED) is 0.883. The van der Waals surface area contributed by atoms with Crippen LogP contribution in [0.2, 0.25) is 0 Å². The second kappa shape index (κ2) is 7.34. The van der Waals surface area contributed by atoms with E-state index in [1.54, 1.807) is 6.07 Å². The van der Waals surface area contributed by atoms with Crippen LogP contribution in [-0.2, 0) is 4.79 Å². The van der Waals surface area contributed by atoms with Crippen molar-refractivity contribution >= 4 is 5.91 Å². The van der Waals surface area contributed by atoms with Crippen molar-refractivity contribution in [3.63, 3.8) is 0 Å². The molecule has 0 aromatic heterocycles. The van der Waals surface area contributed by atoms with Crippen molar-refractivity contribution in [2.24, 2.45) is 5.92 Å². The van der Waals surface area contributed by atoms with Gasteiger partial charge in [-0.05, 0) is 30.0 Å². The lowest BCUT2D eigenvalue weighted by molar-refractivity contribution is -0.174. The highest BCUT2D eigenvalue weighted by Gasteiger charge is 2.44. The van der Waals surface area contributed by atoms with Gasteiger partial charge in [0.1, 0.15) is 13.2 Å². The van der Waals surface area contributed by atoms with Gasteiger partial charge >= 0.3 is 12.1 Å². The summed E-state index contributed by atoms with van der Waals surface area (Å²) >= 11 is 0. The lowest BCUT2D eigenvalue weighted by Gasteiger charge is -2.31. The molecule has 3 rings (SSSR count). The van der Waals surface area contributed by atoms with Gasteiger partial charge in [0, 0.05) is 13.1 Å². The number of fused-ring (bicyclic) bond motifs is 1. The number of amides is 1. The monoisotopic (exact) mass is 372 g/mol. The minimum atomic E-state index is -4.89. The normalized spacial score (nSPS) is 23.3. The molecule has 2 unspecified atom stereocenters. The van der Waals surface area contributed by atoms with E-state index in [-0.39, 0.29) is 6.04 Å². The molecule has 1 amide bonds. The SMILES string of the molecule is CC(C)CN1CCC(NC(=O)C(F)(F)F)C1c1ccc2c(c1)OCCO2. The Morgan fingerprint density at radius 1 is 1.27 bits per heavy atom. The average Bonchev–Trinajstić information content (AvgIpc) is 2.95. The second-order valence-electron chi connectivity index (χ2n) is 7.10. The maximum Gasteiger partial charge on any atom is 0.471 e. The summed E-state index contributed by atoms with van der Waals surface area (Å²) in [6, 6.07) is 4.48. The van der Waals surface area contributed by atoms with Gasteiger partial charge in [0.05, 0.1) is 12.1 Å². The van der Waals surface area contributed by atoms with Gasteiger partial charge in [0.2, 0.25) is 0 Å². The zero-order chi connectivity index (χ0) is 18.9. The van der Waals surface area contributed by atoms with Gasteiger partial charge in [0.15, 0.2) is 11.5 Å². The molecule has 2 heterocycles. The van der Waals surface area contributed by atoms with E-state index >= 15 is 0 Å². The molecule has 0 saturated carbocycles. The molecule has 2 atom stereocenters. The predicted molar refractivity (Wildman–Crippen MR) is 89.2 cm³/mol. The molecule has 26 heavy (non-hydrogen) atoms. The molecule has 1 aromatic rings. The zero-order valence-corrected chi connectivity index (χ0v) is 14.8. The van der Waals surface area contributed by atoms with Crippen LogP contribution in [0.1, 0.15) is 31.9 Å². The standard InChI is InChI=1S/C18H23F3N2O3/c1-11(2)10-23-6-5-13(22-17(24)18(19,20)21)16(23)12-3-4-14-15(9-12)26-8-7-25-14/h3-4,9,11,13,16H,5-8,10H2,1-2H3,(H,22,24). The molecule has 0 bridgehead atoms. The van der Waals surface area contributed by atoms with Crippen LogP contribution in [0.4, 0.5) is 13.2 Å². The zero-order valence-electron chi connectivity index (χ0n) is 14.8. The lowest BCUT2D eigenvalue weighted by Crippen LogP contribution is -2.45. The van der Waals surface area contributed by atoms with Crippen molar-refractivity contribution < 1.29 is 27.4 Å².